The molecule has 0 aromatic rings. The number of aliphatic hydroxyl groups is 19. The maximum atomic E-state index is 12.8. The van der Waals surface area contributed by atoms with Gasteiger partial charge in [0.2, 0.25) is 23.6 Å². The summed E-state index contributed by atoms with van der Waals surface area (Å²) in [4.78, 5) is 49.5. The smallest absolute Gasteiger partial charge is 0.217 e. The van der Waals surface area contributed by atoms with E-state index in [1.54, 1.807) is 0 Å². The normalized spacial score (nSPS) is 47.6. The molecular formula is C50H84N4O36. The van der Waals surface area contributed by atoms with E-state index < -0.39 is 285 Å². The fourth-order valence-corrected chi connectivity index (χ4v) is 11.5. The van der Waals surface area contributed by atoms with E-state index in [4.69, 9.17) is 61.6 Å². The molecule has 23 N–H and O–H groups in total. The third-order valence-electron chi connectivity index (χ3n) is 16.1. The van der Waals surface area contributed by atoms with Crippen LogP contribution < -0.4 is 21.3 Å². The standard InChI is InChI=1S/C50H84N4O36/c1-12(61)51-23-34(72)39(20(9-59)79-44(23)77)86-47-26(54-15(4)64)35(73)40(21(10-60)84-47)87-48-38(76)41(88-50-43(37(75)30(68)19(8-58)83-50)90-46-25(53-14(3)63)33(71)28(66)17(6-56)81-46)31(69)22(85-48)11-78-49-42(36(74)29(67)18(7-57)82-49)89-45-24(52-13(2)62)32(70)27(65)16(5-55)80-45/h16-50,55-60,65-77H,5-11H2,1-4H3,(H,51,61)(H,52,62)(H,53,63)(H,54,64)/t16-,17+,18-,19+,20-,21+,22-,23-,24-,25+,26+,27-,28+,29-,30+,31-,32-,33+,34-,35+,36+,37-,38+,39-,40+,41+,42+,43-,44-,45+,46-,47-,48+,49+,50+/m0/s1. The van der Waals surface area contributed by atoms with Crippen LogP contribution in [-0.2, 0) is 80.8 Å². The maximum absolute atomic E-state index is 12.8. The molecule has 40 nitrogen and oxygen atoms in total. The minimum absolute atomic E-state index is 0.751. The van der Waals surface area contributed by atoms with Crippen LogP contribution in [0.25, 0.3) is 0 Å². The molecule has 90 heavy (non-hydrogen) atoms. The van der Waals surface area contributed by atoms with Crippen molar-refractivity contribution in [2.45, 2.75) is 242 Å². The molecular weight excluding hydrogens is 1230 g/mol. The summed E-state index contributed by atoms with van der Waals surface area (Å²) >= 11 is 0. The summed E-state index contributed by atoms with van der Waals surface area (Å²) in [6.07, 6.45) is -61.9. The molecule has 40 heteroatoms. The van der Waals surface area contributed by atoms with E-state index in [1.165, 1.54) is 0 Å². The molecule has 7 heterocycles. The van der Waals surface area contributed by atoms with E-state index >= 15 is 0 Å². The second-order valence-electron chi connectivity index (χ2n) is 22.5. The van der Waals surface area contributed by atoms with Crippen LogP contribution in [0.3, 0.4) is 0 Å². The van der Waals surface area contributed by atoms with Crippen molar-refractivity contribution >= 4 is 23.6 Å². The second-order valence-corrected chi connectivity index (χ2v) is 22.5. The van der Waals surface area contributed by atoms with Crippen LogP contribution in [0.15, 0.2) is 0 Å². The van der Waals surface area contributed by atoms with Gasteiger partial charge in [-0.05, 0) is 0 Å². The van der Waals surface area contributed by atoms with Gasteiger partial charge in [0.15, 0.2) is 44.0 Å². The molecule has 7 rings (SSSR count). The van der Waals surface area contributed by atoms with Crippen molar-refractivity contribution in [3.63, 3.8) is 0 Å². The Morgan fingerprint density at radius 2 is 0.589 bits per heavy atom. The fourth-order valence-electron chi connectivity index (χ4n) is 11.5. The molecule has 7 aliphatic rings. The van der Waals surface area contributed by atoms with Crippen LogP contribution in [0.2, 0.25) is 0 Å². The highest BCUT2D eigenvalue weighted by Crippen LogP contribution is 2.38. The first-order valence-electron chi connectivity index (χ1n) is 28.6. The monoisotopic (exact) mass is 1320 g/mol. The molecule has 520 valence electrons. The van der Waals surface area contributed by atoms with Crippen molar-refractivity contribution in [1.82, 2.24) is 21.3 Å². The van der Waals surface area contributed by atoms with Gasteiger partial charge in [0.1, 0.15) is 171 Å². The SMILES string of the molecule is CC(=O)N[C@@H]1[C@@H](O[C@H]2[C@H](OC[C@@H]3O[C@H](O[C@H]4[C@H](O)[C@@H](NC(C)=O)[C@H](O[C@@H]5[C@@H](O)[C@H](NC(C)=O)[C@@H](O)O[C@H]5CO)O[C@@H]4CO)[C@H](O)[C@H](O[C@H]4O[C@H](CO)[C@@H](O)[C@H](O)[C@@H]4O[C@@H]4O[C@H](CO)[C@@H](O)[C@H](O)[C@H]4NC(C)=O)[C@H]3O)O[C@@H](CO)[C@H](O)[C@H]2O)O[C@@H](CO)[C@H](O)[C@H]1O. The zero-order valence-corrected chi connectivity index (χ0v) is 48.6. The van der Waals surface area contributed by atoms with Crippen LogP contribution >= 0.6 is 0 Å². The van der Waals surface area contributed by atoms with Gasteiger partial charge < -0.3 is 180 Å². The van der Waals surface area contributed by atoms with Crippen LogP contribution in [0.1, 0.15) is 27.7 Å². The summed E-state index contributed by atoms with van der Waals surface area (Å²) in [6.45, 7) is -3.14. The van der Waals surface area contributed by atoms with Gasteiger partial charge >= 0.3 is 0 Å². The van der Waals surface area contributed by atoms with Gasteiger partial charge in [-0.1, -0.05) is 0 Å². The largest absolute Gasteiger partial charge is 0.394 e. The van der Waals surface area contributed by atoms with Gasteiger partial charge in [0.05, 0.1) is 46.2 Å². The third-order valence-corrected chi connectivity index (χ3v) is 16.1. The zero-order chi connectivity index (χ0) is 66.5. The van der Waals surface area contributed by atoms with Crippen molar-refractivity contribution in [2.24, 2.45) is 0 Å². The maximum Gasteiger partial charge on any atom is 0.217 e. The van der Waals surface area contributed by atoms with E-state index in [-0.39, 0.29) is 0 Å². The molecule has 35 atom stereocenters. The number of carbonyl (C=O) groups is 4. The number of rotatable bonds is 23. The lowest BCUT2D eigenvalue weighted by atomic mass is 9.93. The first-order chi connectivity index (χ1) is 42.5. The van der Waals surface area contributed by atoms with Crippen molar-refractivity contribution in [1.29, 1.82) is 0 Å². The summed E-state index contributed by atoms with van der Waals surface area (Å²) in [7, 11) is 0. The highest BCUT2D eigenvalue weighted by atomic mass is 16.8. The quantitative estimate of drug-likeness (QED) is 0.0452. The number of amides is 4. The molecule has 0 spiro atoms. The molecule has 0 unspecified atom stereocenters. The van der Waals surface area contributed by atoms with Crippen molar-refractivity contribution in [3.05, 3.63) is 0 Å². The predicted octanol–water partition coefficient (Wildman–Crippen LogP) is -15.7. The van der Waals surface area contributed by atoms with Gasteiger partial charge in [-0.3, -0.25) is 19.2 Å². The van der Waals surface area contributed by atoms with E-state index in [2.05, 4.69) is 21.3 Å². The Bertz CT molecular complexity index is 2310. The van der Waals surface area contributed by atoms with Gasteiger partial charge in [-0.2, -0.15) is 0 Å². The number of ether oxygens (including phenoxy) is 13. The summed E-state index contributed by atoms with van der Waals surface area (Å²) in [5.41, 5.74) is 0. The van der Waals surface area contributed by atoms with Crippen LogP contribution in [0.4, 0.5) is 0 Å². The number of hydrogen-bond acceptors (Lipinski definition) is 36. The summed E-state index contributed by atoms with van der Waals surface area (Å²) in [6, 6.07) is -6.84. The molecule has 7 aliphatic heterocycles. The van der Waals surface area contributed by atoms with Crippen molar-refractivity contribution < 1.29 is 178 Å². The third kappa shape index (κ3) is 16.4. The molecule has 0 radical (unpaired) electrons. The molecule has 7 saturated heterocycles. The minimum Gasteiger partial charge on any atom is -0.394 e. The van der Waals surface area contributed by atoms with E-state index in [1.807, 2.05) is 0 Å². The van der Waals surface area contributed by atoms with Gasteiger partial charge in [-0.15, -0.1) is 0 Å². The van der Waals surface area contributed by atoms with Gasteiger partial charge in [0.25, 0.3) is 0 Å². The molecule has 0 aromatic heterocycles. The highest BCUT2D eigenvalue weighted by Gasteiger charge is 2.59. The summed E-state index contributed by atoms with van der Waals surface area (Å²) in [5, 5.41) is 218. The molecule has 0 aromatic carbocycles. The lowest BCUT2D eigenvalue weighted by molar-refractivity contribution is -0.396. The Morgan fingerprint density at radius 1 is 0.289 bits per heavy atom. The Hall–Kier alpha value is -3.40. The minimum atomic E-state index is -2.45. The lowest BCUT2D eigenvalue weighted by Gasteiger charge is -2.51. The van der Waals surface area contributed by atoms with Gasteiger partial charge in [-0.25, -0.2) is 0 Å². The van der Waals surface area contributed by atoms with Gasteiger partial charge in [0, 0.05) is 27.7 Å². The summed E-state index contributed by atoms with van der Waals surface area (Å²) in [5.74, 6) is -3.28. The fraction of sp³-hybridized carbons (Fsp3) is 0.920. The first kappa shape index (κ1) is 74.0. The Labute approximate surface area is 510 Å². The molecule has 0 saturated carbocycles. The number of carbonyl (C=O) groups excluding carboxylic acids is 4. The molecule has 0 bridgehead atoms. The second kappa shape index (κ2) is 32.4. The predicted molar refractivity (Wildman–Crippen MR) is 278 cm³/mol. The Balaban J connectivity index is 1.25. The van der Waals surface area contributed by atoms with Crippen LogP contribution in [-0.4, -0.2) is 382 Å². The zero-order valence-electron chi connectivity index (χ0n) is 48.6. The van der Waals surface area contributed by atoms with E-state index in [9.17, 15) is 116 Å². The van der Waals surface area contributed by atoms with Crippen LogP contribution in [0, 0.1) is 0 Å². The van der Waals surface area contributed by atoms with E-state index in [0.29, 0.717) is 0 Å². The highest BCUT2D eigenvalue weighted by molar-refractivity contribution is 5.74. The van der Waals surface area contributed by atoms with E-state index in [0.717, 1.165) is 27.7 Å². The first-order valence-corrected chi connectivity index (χ1v) is 28.6. The van der Waals surface area contributed by atoms with Crippen molar-refractivity contribution in [2.75, 3.05) is 46.2 Å². The Morgan fingerprint density at radius 3 is 1.01 bits per heavy atom. The molecule has 4 amide bonds. The molecule has 0 aliphatic carbocycles. The van der Waals surface area contributed by atoms with Crippen molar-refractivity contribution in [3.8, 4) is 0 Å². The topological polar surface area (TPSA) is 621 Å². The summed E-state index contributed by atoms with van der Waals surface area (Å²) < 4.78 is 76.6. The number of hydrogen-bond donors (Lipinski definition) is 23. The number of aliphatic hydroxyl groups excluding tert-OH is 19. The number of nitrogens with one attached hydrogen (secondary N) is 4. The van der Waals surface area contributed by atoms with Crippen LogP contribution in [0.5, 0.6) is 0 Å². The average Bonchev–Trinajstić information content (AvgIpc) is 0.825. The molecule has 7 fully saturated rings. The lowest BCUT2D eigenvalue weighted by Crippen LogP contribution is -2.70. The Kier molecular flexibility index (Phi) is 26.6. The average molecular weight is 1320 g/mol.